The van der Waals surface area contributed by atoms with Gasteiger partial charge in [0.25, 0.3) is 0 Å². The molecule has 0 bridgehead atoms. The minimum Gasteiger partial charge on any atom is -0.480 e. The predicted molar refractivity (Wildman–Crippen MR) is 56.5 cm³/mol. The highest BCUT2D eigenvalue weighted by Crippen LogP contribution is 2.30. The van der Waals surface area contributed by atoms with E-state index in [1.807, 2.05) is 6.92 Å². The summed E-state index contributed by atoms with van der Waals surface area (Å²) in [4.78, 5) is 24.4. The maximum absolute atomic E-state index is 11.8. The lowest BCUT2D eigenvalue weighted by Gasteiger charge is -2.31. The lowest BCUT2D eigenvalue weighted by molar-refractivity contribution is -0.155. The average molecular weight is 213 g/mol. The van der Waals surface area contributed by atoms with Gasteiger partial charge in [0.05, 0.1) is 0 Å². The molecule has 1 amide bonds. The highest BCUT2D eigenvalue weighted by molar-refractivity contribution is 5.87. The lowest BCUT2D eigenvalue weighted by atomic mass is 9.99. The van der Waals surface area contributed by atoms with Gasteiger partial charge in [-0.25, -0.2) is 4.79 Å². The molecule has 1 unspecified atom stereocenters. The van der Waals surface area contributed by atoms with Gasteiger partial charge >= 0.3 is 5.97 Å². The van der Waals surface area contributed by atoms with Crippen LogP contribution in [0, 0.1) is 0 Å². The van der Waals surface area contributed by atoms with E-state index in [0.717, 1.165) is 19.3 Å². The molecule has 1 atom stereocenters. The van der Waals surface area contributed by atoms with E-state index in [1.165, 1.54) is 4.90 Å². The summed E-state index contributed by atoms with van der Waals surface area (Å²) in [6.07, 6.45) is 3.63. The fraction of sp³-hybridized carbons (Fsp3) is 0.818. The number of amides is 1. The molecule has 1 saturated heterocycles. The average Bonchev–Trinajstić information content (AvgIpc) is 2.58. The number of carbonyl (C=O) groups is 2. The van der Waals surface area contributed by atoms with Crippen LogP contribution in [0.25, 0.3) is 0 Å². The van der Waals surface area contributed by atoms with Crippen molar-refractivity contribution in [2.24, 2.45) is 0 Å². The molecule has 0 spiro atoms. The van der Waals surface area contributed by atoms with Gasteiger partial charge in [0.1, 0.15) is 5.54 Å². The van der Waals surface area contributed by atoms with Gasteiger partial charge in [-0.1, -0.05) is 13.3 Å². The highest BCUT2D eigenvalue weighted by atomic mass is 16.4. The third-order valence-electron chi connectivity index (χ3n) is 3.15. The van der Waals surface area contributed by atoms with Crippen LogP contribution in [0.2, 0.25) is 0 Å². The van der Waals surface area contributed by atoms with Crippen molar-refractivity contribution in [2.45, 2.75) is 51.5 Å². The normalized spacial score (nSPS) is 25.6. The number of carbonyl (C=O) groups excluding carboxylic acids is 1. The molecule has 0 saturated carbocycles. The van der Waals surface area contributed by atoms with Crippen molar-refractivity contribution in [3.05, 3.63) is 0 Å². The molecule has 0 aliphatic carbocycles. The number of carboxylic acid groups (broad SMARTS) is 1. The summed E-state index contributed by atoms with van der Waals surface area (Å²) >= 11 is 0. The highest BCUT2D eigenvalue weighted by Gasteiger charge is 2.45. The Bertz CT molecular complexity index is 265. The van der Waals surface area contributed by atoms with Crippen LogP contribution in [0.5, 0.6) is 0 Å². The second kappa shape index (κ2) is 4.64. The molecule has 1 N–H and O–H groups in total. The molecule has 1 aliphatic rings. The Morgan fingerprint density at radius 3 is 2.67 bits per heavy atom. The molecule has 1 fully saturated rings. The van der Waals surface area contributed by atoms with Crippen LogP contribution in [-0.2, 0) is 9.59 Å². The predicted octanol–water partition coefficient (Wildman–Crippen LogP) is 1.64. The first-order valence-corrected chi connectivity index (χ1v) is 5.56. The molecule has 0 radical (unpaired) electrons. The van der Waals surface area contributed by atoms with Crippen LogP contribution >= 0.6 is 0 Å². The number of hydrogen-bond acceptors (Lipinski definition) is 2. The zero-order chi connectivity index (χ0) is 11.5. The van der Waals surface area contributed by atoms with Gasteiger partial charge in [-0.15, -0.1) is 0 Å². The van der Waals surface area contributed by atoms with Gasteiger partial charge in [-0.2, -0.15) is 0 Å². The summed E-state index contributed by atoms with van der Waals surface area (Å²) in [7, 11) is 0. The van der Waals surface area contributed by atoms with E-state index in [2.05, 4.69) is 0 Å². The molecule has 0 aromatic carbocycles. The smallest absolute Gasteiger partial charge is 0.329 e. The minimum atomic E-state index is -0.967. The van der Waals surface area contributed by atoms with Crippen LogP contribution in [0.15, 0.2) is 0 Å². The number of rotatable bonds is 4. The molecule has 0 aromatic heterocycles. The van der Waals surface area contributed by atoms with Gasteiger partial charge in [0, 0.05) is 13.0 Å². The van der Waals surface area contributed by atoms with Gasteiger partial charge in [0.15, 0.2) is 0 Å². The SMILES string of the molecule is CCCCC(=O)N1CCCC1(C)C(=O)O. The number of hydrogen-bond donors (Lipinski definition) is 1. The summed E-state index contributed by atoms with van der Waals surface area (Å²) in [5, 5.41) is 9.12. The standard InChI is InChI=1S/C11H19NO3/c1-3-4-6-9(13)12-8-5-7-11(12,2)10(14)15/h3-8H2,1-2H3,(H,14,15). The van der Waals surface area contributed by atoms with Crippen molar-refractivity contribution in [1.29, 1.82) is 0 Å². The van der Waals surface area contributed by atoms with Crippen molar-refractivity contribution in [3.8, 4) is 0 Å². The van der Waals surface area contributed by atoms with Crippen LogP contribution in [0.1, 0.15) is 46.0 Å². The molecule has 1 heterocycles. The molecular weight excluding hydrogens is 194 g/mol. The Morgan fingerprint density at radius 1 is 1.47 bits per heavy atom. The van der Waals surface area contributed by atoms with Crippen LogP contribution < -0.4 is 0 Å². The van der Waals surface area contributed by atoms with Crippen molar-refractivity contribution in [3.63, 3.8) is 0 Å². The summed E-state index contributed by atoms with van der Waals surface area (Å²) in [5.74, 6) is -0.899. The molecule has 1 rings (SSSR count). The zero-order valence-electron chi connectivity index (χ0n) is 9.45. The molecule has 15 heavy (non-hydrogen) atoms. The Morgan fingerprint density at radius 2 is 2.13 bits per heavy atom. The summed E-state index contributed by atoms with van der Waals surface area (Å²) in [6.45, 7) is 4.26. The van der Waals surface area contributed by atoms with Crippen molar-refractivity contribution < 1.29 is 14.7 Å². The number of unbranched alkanes of at least 4 members (excludes halogenated alkanes) is 1. The van der Waals surface area contributed by atoms with E-state index in [4.69, 9.17) is 5.11 Å². The number of carboxylic acids is 1. The third kappa shape index (κ3) is 2.30. The van der Waals surface area contributed by atoms with E-state index < -0.39 is 11.5 Å². The van der Waals surface area contributed by atoms with Crippen molar-refractivity contribution in [1.82, 2.24) is 4.90 Å². The first-order chi connectivity index (χ1) is 7.02. The minimum absolute atomic E-state index is 0.0146. The second-order valence-corrected chi connectivity index (χ2v) is 4.33. The Kier molecular flexibility index (Phi) is 3.72. The third-order valence-corrected chi connectivity index (χ3v) is 3.15. The van der Waals surface area contributed by atoms with E-state index in [9.17, 15) is 9.59 Å². The molecule has 4 heteroatoms. The van der Waals surface area contributed by atoms with E-state index in [1.54, 1.807) is 6.92 Å². The van der Waals surface area contributed by atoms with Gasteiger partial charge in [-0.05, 0) is 26.2 Å². The zero-order valence-corrected chi connectivity index (χ0v) is 9.45. The second-order valence-electron chi connectivity index (χ2n) is 4.33. The Hall–Kier alpha value is -1.06. The van der Waals surface area contributed by atoms with E-state index in [-0.39, 0.29) is 5.91 Å². The van der Waals surface area contributed by atoms with Crippen molar-refractivity contribution in [2.75, 3.05) is 6.54 Å². The first-order valence-electron chi connectivity index (χ1n) is 5.56. The molecule has 86 valence electrons. The molecule has 4 nitrogen and oxygen atoms in total. The van der Waals surface area contributed by atoms with Crippen LogP contribution in [-0.4, -0.2) is 34.0 Å². The van der Waals surface area contributed by atoms with Crippen LogP contribution in [0.3, 0.4) is 0 Å². The summed E-state index contributed by atoms with van der Waals surface area (Å²) in [5.41, 5.74) is -0.967. The van der Waals surface area contributed by atoms with Gasteiger partial charge < -0.3 is 10.0 Å². The molecule has 0 aromatic rings. The van der Waals surface area contributed by atoms with Gasteiger partial charge in [0.2, 0.25) is 5.91 Å². The van der Waals surface area contributed by atoms with E-state index >= 15 is 0 Å². The fourth-order valence-corrected chi connectivity index (χ4v) is 2.05. The van der Waals surface area contributed by atoms with Crippen LogP contribution in [0.4, 0.5) is 0 Å². The quantitative estimate of drug-likeness (QED) is 0.772. The first kappa shape index (κ1) is 12.0. The maximum Gasteiger partial charge on any atom is 0.329 e. The lowest BCUT2D eigenvalue weighted by Crippen LogP contribution is -2.50. The Labute approximate surface area is 90.3 Å². The fourth-order valence-electron chi connectivity index (χ4n) is 2.05. The monoisotopic (exact) mass is 213 g/mol. The number of likely N-dealkylation sites (tertiary alicyclic amines) is 1. The topological polar surface area (TPSA) is 57.6 Å². The Balaban J connectivity index is 2.68. The summed E-state index contributed by atoms with van der Waals surface area (Å²) in [6, 6.07) is 0. The molecule has 1 aliphatic heterocycles. The molecular formula is C11H19NO3. The van der Waals surface area contributed by atoms with Gasteiger partial charge in [-0.3, -0.25) is 4.79 Å². The largest absolute Gasteiger partial charge is 0.480 e. The van der Waals surface area contributed by atoms with Crippen molar-refractivity contribution >= 4 is 11.9 Å². The maximum atomic E-state index is 11.8. The number of nitrogens with zero attached hydrogens (tertiary/aromatic N) is 1. The summed E-state index contributed by atoms with van der Waals surface area (Å²) < 4.78 is 0. The number of aliphatic carboxylic acids is 1. The van der Waals surface area contributed by atoms with E-state index in [0.29, 0.717) is 19.4 Å².